The minimum absolute atomic E-state index is 0.0367. The Morgan fingerprint density at radius 2 is 1.83 bits per heavy atom. The van der Waals surface area contributed by atoms with E-state index in [-0.39, 0.29) is 23.0 Å². The van der Waals surface area contributed by atoms with Crippen LogP contribution in [0.3, 0.4) is 0 Å². The smallest absolute Gasteiger partial charge is 0.294 e. The molecule has 0 atom stereocenters. The molecule has 0 unspecified atom stereocenters. The van der Waals surface area contributed by atoms with Crippen molar-refractivity contribution in [1.29, 1.82) is 0 Å². The number of nitrogens with zero attached hydrogens (tertiary/aromatic N) is 2. The zero-order chi connectivity index (χ0) is 16.6. The molecule has 0 aliphatic carbocycles. The number of aromatic nitrogens is 2. The van der Waals surface area contributed by atoms with Crippen LogP contribution in [0.25, 0.3) is 10.9 Å². The predicted octanol–water partition coefficient (Wildman–Crippen LogP) is 3.60. The second kappa shape index (κ2) is 5.49. The first kappa shape index (κ1) is 15.2. The Morgan fingerprint density at radius 1 is 1.09 bits per heavy atom. The Labute approximate surface area is 127 Å². The van der Waals surface area contributed by atoms with Crippen LogP contribution in [0.4, 0.5) is 17.6 Å². The molecule has 118 valence electrons. The van der Waals surface area contributed by atoms with Gasteiger partial charge in [-0.05, 0) is 23.8 Å². The molecule has 0 bridgehead atoms. The van der Waals surface area contributed by atoms with Crippen molar-refractivity contribution in [3.63, 3.8) is 0 Å². The number of hydrogen-bond acceptors (Lipinski definition) is 2. The van der Waals surface area contributed by atoms with Crippen LogP contribution in [0, 0.1) is 5.82 Å². The Hall–Kier alpha value is -2.70. The largest absolute Gasteiger partial charge is 0.416 e. The average molecular weight is 322 g/mol. The first-order chi connectivity index (χ1) is 10.9. The maximum atomic E-state index is 13.1. The highest BCUT2D eigenvalue weighted by atomic mass is 19.4. The Kier molecular flexibility index (Phi) is 3.63. The van der Waals surface area contributed by atoms with Crippen LogP contribution in [0.15, 0.2) is 53.6 Å². The summed E-state index contributed by atoms with van der Waals surface area (Å²) in [5.74, 6) is -0.537. The molecule has 0 N–H and O–H groups in total. The number of benzene rings is 2. The summed E-state index contributed by atoms with van der Waals surface area (Å²) in [5, 5.41) is 0.151. The Morgan fingerprint density at radius 3 is 2.57 bits per heavy atom. The summed E-state index contributed by atoms with van der Waals surface area (Å²) in [5.41, 5.74) is -1.20. The number of halogens is 4. The summed E-state index contributed by atoms with van der Waals surface area (Å²) in [6.45, 7) is -0.269. The lowest BCUT2D eigenvalue weighted by Crippen LogP contribution is -2.22. The number of alkyl halides is 3. The molecule has 1 heterocycles. The molecule has 2 aromatic carbocycles. The minimum atomic E-state index is -4.51. The fourth-order valence-corrected chi connectivity index (χ4v) is 2.36. The summed E-state index contributed by atoms with van der Waals surface area (Å²) in [7, 11) is 0. The highest BCUT2D eigenvalue weighted by Gasteiger charge is 2.32. The molecule has 3 nitrogen and oxygen atoms in total. The van der Waals surface area contributed by atoms with Gasteiger partial charge in [-0.15, -0.1) is 0 Å². The molecule has 3 rings (SSSR count). The van der Waals surface area contributed by atoms with Gasteiger partial charge in [0.1, 0.15) is 5.82 Å². The molecule has 3 aromatic rings. The van der Waals surface area contributed by atoms with Gasteiger partial charge in [0.2, 0.25) is 0 Å². The lowest BCUT2D eigenvalue weighted by molar-refractivity contribution is -0.138. The average Bonchev–Trinajstić information content (AvgIpc) is 2.49. The summed E-state index contributed by atoms with van der Waals surface area (Å²) in [6.07, 6.45) is -3.38. The first-order valence-corrected chi connectivity index (χ1v) is 6.66. The summed E-state index contributed by atoms with van der Waals surface area (Å²) in [6, 6.07) is 8.51. The molecule has 0 spiro atoms. The van der Waals surface area contributed by atoms with Crippen LogP contribution in [0.1, 0.15) is 11.1 Å². The quantitative estimate of drug-likeness (QED) is 0.676. The van der Waals surface area contributed by atoms with Crippen molar-refractivity contribution in [3.8, 4) is 0 Å². The van der Waals surface area contributed by atoms with E-state index in [1.165, 1.54) is 24.3 Å². The highest BCUT2D eigenvalue weighted by Crippen LogP contribution is 2.32. The van der Waals surface area contributed by atoms with Crippen molar-refractivity contribution in [2.75, 3.05) is 0 Å². The molecular formula is C16H10F4N2O. The van der Waals surface area contributed by atoms with E-state index < -0.39 is 23.1 Å². The SMILES string of the molecule is O=c1c2ccc(F)cc2ncn1Cc1ccccc1C(F)(F)F. The molecule has 0 saturated carbocycles. The zero-order valence-electron chi connectivity index (χ0n) is 11.6. The molecule has 1 aromatic heterocycles. The van der Waals surface area contributed by atoms with E-state index in [0.717, 1.165) is 29.1 Å². The van der Waals surface area contributed by atoms with Crippen LogP contribution in [-0.4, -0.2) is 9.55 Å². The van der Waals surface area contributed by atoms with Crippen molar-refractivity contribution < 1.29 is 17.6 Å². The molecule has 23 heavy (non-hydrogen) atoms. The van der Waals surface area contributed by atoms with Crippen LogP contribution >= 0.6 is 0 Å². The number of rotatable bonds is 2. The third kappa shape index (κ3) is 2.94. The molecule has 0 saturated heterocycles. The standard InChI is InChI=1S/C16H10F4N2O/c17-11-5-6-12-14(7-11)21-9-22(15(12)23)8-10-3-1-2-4-13(10)16(18,19)20/h1-7,9H,8H2. The fourth-order valence-electron chi connectivity index (χ4n) is 2.36. The van der Waals surface area contributed by atoms with Gasteiger partial charge in [0.25, 0.3) is 5.56 Å². The second-order valence-electron chi connectivity index (χ2n) is 4.99. The van der Waals surface area contributed by atoms with Gasteiger partial charge >= 0.3 is 6.18 Å². The van der Waals surface area contributed by atoms with E-state index >= 15 is 0 Å². The van der Waals surface area contributed by atoms with Crippen molar-refractivity contribution in [2.45, 2.75) is 12.7 Å². The maximum absolute atomic E-state index is 13.1. The van der Waals surface area contributed by atoms with E-state index in [4.69, 9.17) is 0 Å². The van der Waals surface area contributed by atoms with E-state index in [0.29, 0.717) is 0 Å². The minimum Gasteiger partial charge on any atom is -0.294 e. The van der Waals surface area contributed by atoms with Crippen molar-refractivity contribution in [1.82, 2.24) is 9.55 Å². The van der Waals surface area contributed by atoms with Gasteiger partial charge < -0.3 is 0 Å². The van der Waals surface area contributed by atoms with Gasteiger partial charge in [-0.2, -0.15) is 13.2 Å². The molecule has 0 amide bonds. The van der Waals surface area contributed by atoms with E-state index in [1.807, 2.05) is 0 Å². The van der Waals surface area contributed by atoms with Crippen molar-refractivity contribution in [3.05, 3.63) is 76.1 Å². The van der Waals surface area contributed by atoms with Gasteiger partial charge in [-0.3, -0.25) is 9.36 Å². The zero-order valence-corrected chi connectivity index (χ0v) is 11.6. The normalized spacial score (nSPS) is 11.8. The topological polar surface area (TPSA) is 34.9 Å². The second-order valence-corrected chi connectivity index (χ2v) is 4.99. The Bertz CT molecular complexity index is 931. The summed E-state index contributed by atoms with van der Waals surface area (Å²) >= 11 is 0. The summed E-state index contributed by atoms with van der Waals surface area (Å²) < 4.78 is 53.2. The van der Waals surface area contributed by atoms with Crippen molar-refractivity contribution in [2.24, 2.45) is 0 Å². The monoisotopic (exact) mass is 322 g/mol. The van der Waals surface area contributed by atoms with E-state index in [9.17, 15) is 22.4 Å². The van der Waals surface area contributed by atoms with Gasteiger partial charge in [0.15, 0.2) is 0 Å². The fraction of sp³-hybridized carbons (Fsp3) is 0.125. The lowest BCUT2D eigenvalue weighted by Gasteiger charge is -2.13. The molecular weight excluding hydrogens is 312 g/mol. The maximum Gasteiger partial charge on any atom is 0.416 e. The Balaban J connectivity index is 2.08. The van der Waals surface area contributed by atoms with Crippen LogP contribution in [-0.2, 0) is 12.7 Å². The molecule has 7 heteroatoms. The molecule has 0 aliphatic heterocycles. The molecule has 0 fully saturated rings. The van der Waals surface area contributed by atoms with E-state index in [1.54, 1.807) is 0 Å². The van der Waals surface area contributed by atoms with Gasteiger partial charge in [-0.1, -0.05) is 18.2 Å². The first-order valence-electron chi connectivity index (χ1n) is 6.66. The third-order valence-corrected chi connectivity index (χ3v) is 3.45. The van der Waals surface area contributed by atoms with Crippen LogP contribution in [0.5, 0.6) is 0 Å². The van der Waals surface area contributed by atoms with Crippen LogP contribution in [0.2, 0.25) is 0 Å². The lowest BCUT2D eigenvalue weighted by atomic mass is 10.1. The molecule has 0 radical (unpaired) electrons. The van der Waals surface area contributed by atoms with Crippen LogP contribution < -0.4 is 5.56 Å². The van der Waals surface area contributed by atoms with Crippen molar-refractivity contribution >= 4 is 10.9 Å². The van der Waals surface area contributed by atoms with E-state index in [2.05, 4.69) is 4.98 Å². The van der Waals surface area contributed by atoms with Gasteiger partial charge in [0.05, 0.1) is 29.3 Å². The highest BCUT2D eigenvalue weighted by molar-refractivity contribution is 5.77. The predicted molar refractivity (Wildman–Crippen MR) is 76.5 cm³/mol. The van der Waals surface area contributed by atoms with Gasteiger partial charge in [-0.25, -0.2) is 9.37 Å². The summed E-state index contributed by atoms with van der Waals surface area (Å²) in [4.78, 5) is 16.3. The van der Waals surface area contributed by atoms with Gasteiger partial charge in [0, 0.05) is 6.07 Å². The number of fused-ring (bicyclic) bond motifs is 1. The number of hydrogen-bond donors (Lipinski definition) is 0. The third-order valence-electron chi connectivity index (χ3n) is 3.45. The molecule has 0 aliphatic rings.